The molecule has 0 aliphatic heterocycles. The van der Waals surface area contributed by atoms with E-state index in [0.29, 0.717) is 5.76 Å². The maximum Gasteiger partial charge on any atom is 0.308 e. The zero-order valence-corrected chi connectivity index (χ0v) is 14.2. The summed E-state index contributed by atoms with van der Waals surface area (Å²) in [6.45, 7) is 2.87. The van der Waals surface area contributed by atoms with Crippen molar-refractivity contribution < 1.29 is 14.3 Å². The quantitative estimate of drug-likeness (QED) is 0.302. The molecule has 0 saturated heterocycles. The number of carbonyl (C=O) groups is 2. The Morgan fingerprint density at radius 1 is 0.760 bits per heavy atom. The molecule has 2 aromatic carbocycles. The molecule has 0 N–H and O–H groups in total. The second kappa shape index (κ2) is 7.14. The lowest BCUT2D eigenvalue weighted by atomic mass is 10.0. The number of allylic oxidation sites excluding steroid dienone is 4. The van der Waals surface area contributed by atoms with Gasteiger partial charge in [-0.3, -0.25) is 9.59 Å². The van der Waals surface area contributed by atoms with Gasteiger partial charge in [0.2, 0.25) is 0 Å². The van der Waals surface area contributed by atoms with E-state index >= 15 is 0 Å². The molecule has 0 heterocycles. The molecular weight excluding hydrogens is 312 g/mol. The van der Waals surface area contributed by atoms with E-state index in [1.54, 1.807) is 18.2 Å². The van der Waals surface area contributed by atoms with Crippen LogP contribution in [0.1, 0.15) is 25.0 Å². The first-order valence-corrected chi connectivity index (χ1v) is 8.05. The molecule has 2 aromatic rings. The minimum atomic E-state index is -0.385. The molecule has 3 rings (SSSR count). The lowest BCUT2D eigenvalue weighted by molar-refractivity contribution is -0.136. The first kappa shape index (κ1) is 16.7. The Labute approximate surface area is 146 Å². The molecule has 0 aromatic heterocycles. The van der Waals surface area contributed by atoms with Crippen LogP contribution in [0.2, 0.25) is 0 Å². The molecule has 0 atom stereocenters. The number of carbonyl (C=O) groups excluding carboxylic acids is 2. The smallest absolute Gasteiger partial charge is 0.308 e. The van der Waals surface area contributed by atoms with Gasteiger partial charge >= 0.3 is 5.97 Å². The number of fused-ring (bicyclic) bond motifs is 3. The topological polar surface area (TPSA) is 43.4 Å². The van der Waals surface area contributed by atoms with E-state index in [4.69, 9.17) is 4.74 Å². The zero-order chi connectivity index (χ0) is 17.8. The summed E-state index contributed by atoms with van der Waals surface area (Å²) in [7, 11) is 0. The molecule has 0 unspecified atom stereocenters. The fraction of sp³-hybridized carbons (Fsp3) is 0.0909. The Bertz CT molecular complexity index is 882. The van der Waals surface area contributed by atoms with Gasteiger partial charge in [0, 0.05) is 12.5 Å². The van der Waals surface area contributed by atoms with Gasteiger partial charge in [-0.2, -0.15) is 0 Å². The van der Waals surface area contributed by atoms with Gasteiger partial charge in [0.25, 0.3) is 0 Å². The number of hydrogen-bond acceptors (Lipinski definition) is 3. The largest absolute Gasteiger partial charge is 0.426 e. The fourth-order valence-electron chi connectivity index (χ4n) is 2.94. The normalized spacial score (nSPS) is 12.3. The number of esters is 1. The van der Waals surface area contributed by atoms with Crippen LogP contribution in [-0.2, 0) is 14.3 Å². The predicted octanol–water partition coefficient (Wildman–Crippen LogP) is 4.69. The minimum absolute atomic E-state index is 0.0390. The van der Waals surface area contributed by atoms with Crippen LogP contribution in [0.3, 0.4) is 0 Å². The van der Waals surface area contributed by atoms with E-state index in [1.165, 1.54) is 19.9 Å². The number of hydrogen-bond donors (Lipinski definition) is 0. The monoisotopic (exact) mass is 330 g/mol. The SMILES string of the molecule is CC(=O)/C=C\C=C/C(OC(C)=O)=C1c2ccccc2-c2ccccc21. The Balaban J connectivity index is 2.18. The van der Waals surface area contributed by atoms with Crippen LogP contribution in [0, 0.1) is 0 Å². The molecule has 124 valence electrons. The molecule has 0 amide bonds. The third kappa shape index (κ3) is 3.50. The van der Waals surface area contributed by atoms with Crippen molar-refractivity contribution in [3.8, 4) is 11.1 Å². The highest BCUT2D eigenvalue weighted by Gasteiger charge is 2.26. The molecule has 3 nitrogen and oxygen atoms in total. The van der Waals surface area contributed by atoms with Crippen LogP contribution < -0.4 is 0 Å². The average molecular weight is 330 g/mol. The molecule has 1 aliphatic carbocycles. The van der Waals surface area contributed by atoms with Crippen molar-refractivity contribution in [2.75, 3.05) is 0 Å². The van der Waals surface area contributed by atoms with Gasteiger partial charge in [-0.25, -0.2) is 0 Å². The van der Waals surface area contributed by atoms with Crippen molar-refractivity contribution in [3.63, 3.8) is 0 Å². The van der Waals surface area contributed by atoms with Crippen molar-refractivity contribution in [1.82, 2.24) is 0 Å². The third-order valence-electron chi connectivity index (χ3n) is 3.87. The van der Waals surface area contributed by atoms with Crippen molar-refractivity contribution >= 4 is 17.3 Å². The van der Waals surface area contributed by atoms with Gasteiger partial charge in [-0.1, -0.05) is 60.7 Å². The maximum atomic E-state index is 11.6. The van der Waals surface area contributed by atoms with Gasteiger partial charge in [0.15, 0.2) is 5.78 Å². The highest BCUT2D eigenvalue weighted by Crippen LogP contribution is 2.45. The molecule has 0 spiro atoms. The zero-order valence-electron chi connectivity index (χ0n) is 14.2. The Morgan fingerprint density at radius 2 is 1.24 bits per heavy atom. The standard InChI is InChI=1S/C22H18O3/c1-15(23)9-3-8-14-21(25-16(2)24)22-19-12-6-4-10-17(19)18-11-5-7-13-20(18)22/h3-14H,1-2H3/b9-3-,14-8-. The van der Waals surface area contributed by atoms with E-state index < -0.39 is 0 Å². The summed E-state index contributed by atoms with van der Waals surface area (Å²) in [6.07, 6.45) is 6.52. The van der Waals surface area contributed by atoms with Gasteiger partial charge in [0.1, 0.15) is 5.76 Å². The lowest BCUT2D eigenvalue weighted by Crippen LogP contribution is -2.00. The van der Waals surface area contributed by atoms with E-state index in [9.17, 15) is 9.59 Å². The highest BCUT2D eigenvalue weighted by molar-refractivity contribution is 6.02. The van der Waals surface area contributed by atoms with Crippen LogP contribution in [0.25, 0.3) is 16.7 Å². The number of ether oxygens (including phenoxy) is 1. The first-order chi connectivity index (χ1) is 12.1. The molecule has 0 bridgehead atoms. The second-order valence-electron chi connectivity index (χ2n) is 5.75. The van der Waals surface area contributed by atoms with Crippen LogP contribution in [0.5, 0.6) is 0 Å². The third-order valence-corrected chi connectivity index (χ3v) is 3.87. The molecule has 25 heavy (non-hydrogen) atoms. The van der Waals surface area contributed by atoms with Crippen molar-refractivity contribution in [1.29, 1.82) is 0 Å². The van der Waals surface area contributed by atoms with Crippen molar-refractivity contribution in [3.05, 3.63) is 89.7 Å². The summed E-state index contributed by atoms with van der Waals surface area (Å²) in [5.74, 6) is 0.0468. The minimum Gasteiger partial charge on any atom is -0.426 e. The summed E-state index contributed by atoms with van der Waals surface area (Å²) in [6, 6.07) is 16.1. The predicted molar refractivity (Wildman–Crippen MR) is 98.6 cm³/mol. The van der Waals surface area contributed by atoms with Gasteiger partial charge < -0.3 is 4.74 Å². The summed E-state index contributed by atoms with van der Waals surface area (Å²) < 4.78 is 5.49. The molecule has 3 heteroatoms. The van der Waals surface area contributed by atoms with Gasteiger partial charge in [0.05, 0.1) is 0 Å². The van der Waals surface area contributed by atoms with Crippen LogP contribution in [0.15, 0.2) is 78.6 Å². The Kier molecular flexibility index (Phi) is 4.75. The van der Waals surface area contributed by atoms with E-state index in [0.717, 1.165) is 27.8 Å². The van der Waals surface area contributed by atoms with E-state index in [2.05, 4.69) is 12.1 Å². The summed E-state index contributed by atoms with van der Waals surface area (Å²) in [5.41, 5.74) is 5.17. The van der Waals surface area contributed by atoms with Crippen molar-refractivity contribution in [2.45, 2.75) is 13.8 Å². The van der Waals surface area contributed by atoms with Crippen LogP contribution >= 0.6 is 0 Å². The molecule has 0 radical (unpaired) electrons. The van der Waals surface area contributed by atoms with E-state index in [-0.39, 0.29) is 11.8 Å². The first-order valence-electron chi connectivity index (χ1n) is 8.05. The summed E-state index contributed by atoms with van der Waals surface area (Å²) in [5, 5.41) is 0. The number of ketones is 1. The maximum absolute atomic E-state index is 11.6. The Hall–Kier alpha value is -3.20. The molecule has 0 saturated carbocycles. The van der Waals surface area contributed by atoms with Gasteiger partial charge in [-0.15, -0.1) is 0 Å². The van der Waals surface area contributed by atoms with Crippen LogP contribution in [-0.4, -0.2) is 11.8 Å². The summed E-state index contributed by atoms with van der Waals surface area (Å²) in [4.78, 5) is 22.6. The molecule has 0 fully saturated rings. The number of rotatable bonds is 4. The molecule has 1 aliphatic rings. The van der Waals surface area contributed by atoms with Crippen molar-refractivity contribution in [2.24, 2.45) is 0 Å². The fourth-order valence-corrected chi connectivity index (χ4v) is 2.94. The second-order valence-corrected chi connectivity index (χ2v) is 5.75. The van der Waals surface area contributed by atoms with Crippen LogP contribution in [0.4, 0.5) is 0 Å². The average Bonchev–Trinajstić information content (AvgIpc) is 2.92. The highest BCUT2D eigenvalue weighted by atomic mass is 16.5. The van der Waals surface area contributed by atoms with Gasteiger partial charge in [-0.05, 0) is 41.3 Å². The summed E-state index contributed by atoms with van der Waals surface area (Å²) >= 11 is 0. The number of benzene rings is 2. The van der Waals surface area contributed by atoms with E-state index in [1.807, 2.05) is 36.4 Å². The molecular formula is C22H18O3. The lowest BCUT2D eigenvalue weighted by Gasteiger charge is -2.09. The Morgan fingerprint density at radius 3 is 1.72 bits per heavy atom.